The Balaban J connectivity index is 0.00000135. The Hall–Kier alpha value is -7.28. The van der Waals surface area contributed by atoms with E-state index in [2.05, 4.69) is 78.7 Å². The summed E-state index contributed by atoms with van der Waals surface area (Å²) in [6.45, 7) is 1.54. The maximum Gasteiger partial charge on any atom is 1.00 e. The van der Waals surface area contributed by atoms with E-state index >= 15 is 0 Å². The van der Waals surface area contributed by atoms with Crippen LogP contribution >= 0.6 is 144 Å². The fourth-order valence-corrected chi connectivity index (χ4v) is 11.9. The zero-order valence-electron chi connectivity index (χ0n) is 60.1. The summed E-state index contributed by atoms with van der Waals surface area (Å²) >= 11 is 63.4. The number of halogens is 12. The molecule has 0 bridgehead atoms. The molecule has 606 valence electrons. The number of H-pyrrole nitrogens is 1. The summed E-state index contributed by atoms with van der Waals surface area (Å²) in [6, 6.07) is 36.3. The van der Waals surface area contributed by atoms with E-state index in [9.17, 15) is 29.8 Å². The number of amides is 1. The molecule has 0 fully saturated rings. The van der Waals surface area contributed by atoms with Crippen molar-refractivity contribution in [1.82, 2.24) is 59.6 Å². The minimum absolute atomic E-state index is 0. The third kappa shape index (κ3) is 35.0. The van der Waals surface area contributed by atoms with E-state index in [4.69, 9.17) is 161 Å². The number of anilines is 3. The van der Waals surface area contributed by atoms with Crippen LogP contribution in [0, 0.1) is 20.2 Å². The van der Waals surface area contributed by atoms with Gasteiger partial charge in [0.15, 0.2) is 22.9 Å². The zero-order valence-corrected chi connectivity index (χ0v) is 75.3. The average molecular weight is 1930 g/mol. The van der Waals surface area contributed by atoms with Crippen LogP contribution in [-0.4, -0.2) is 98.4 Å². The summed E-state index contributed by atoms with van der Waals surface area (Å²) in [6.07, 6.45) is 17.7. The first-order valence-corrected chi connectivity index (χ1v) is 35.4. The van der Waals surface area contributed by atoms with Gasteiger partial charge in [-0.15, -0.1) is 12.4 Å². The Kier molecular flexibility index (Phi) is 51.7. The number of aromatic carboxylic acids is 1. The molecule has 0 spiro atoms. The van der Waals surface area contributed by atoms with Crippen molar-refractivity contribution in [1.29, 1.82) is 0 Å². The predicted octanol–water partition coefficient (Wildman–Crippen LogP) is 11.0. The molecule has 1 amide bonds. The van der Waals surface area contributed by atoms with E-state index < -0.39 is 21.7 Å². The van der Waals surface area contributed by atoms with Gasteiger partial charge in [0, 0.05) is 109 Å². The number of carbonyl (C=O) groups is 3. The van der Waals surface area contributed by atoms with E-state index in [1.165, 1.54) is 54.1 Å². The largest absolute Gasteiger partial charge is 1.00 e. The summed E-state index contributed by atoms with van der Waals surface area (Å²) in [5, 5.41) is 75.8. The molecule has 0 radical (unpaired) electrons. The third-order valence-corrected chi connectivity index (χ3v) is 17.6. The van der Waals surface area contributed by atoms with Crippen molar-refractivity contribution >= 4 is 191 Å². The van der Waals surface area contributed by atoms with Gasteiger partial charge in [-0.2, -0.15) is 25.5 Å². The van der Waals surface area contributed by atoms with Crippen molar-refractivity contribution in [3.63, 3.8) is 0 Å². The van der Waals surface area contributed by atoms with E-state index in [1.807, 2.05) is 30.3 Å². The van der Waals surface area contributed by atoms with E-state index in [0.29, 0.717) is 127 Å². The quantitative estimate of drug-likeness (QED) is 0.00847. The molecule has 0 atom stereocenters. The number of nitro groups is 2. The van der Waals surface area contributed by atoms with Gasteiger partial charge in [-0.05, 0) is 90.5 Å². The van der Waals surface area contributed by atoms with E-state index in [-0.39, 0.29) is 159 Å². The Morgan fingerprint density at radius 3 is 1.15 bits per heavy atom. The van der Waals surface area contributed by atoms with Crippen LogP contribution in [0.1, 0.15) is 57.6 Å². The topological polar surface area (TPSA) is 516 Å². The van der Waals surface area contributed by atoms with Crippen LogP contribution in [0.5, 0.6) is 0 Å². The zero-order chi connectivity index (χ0) is 81.1. The standard InChI is InChI=1S/C18H12Cl2N4O3.C10H7Cl2N3O2.2C10H9Cl2N3.C8H5NO4.C7H5BrCl2.C3H3N3O2.CH2O3.CH4.ClH.2K.H4N2.H2O.H/c19-13-3-1-4-14(20)12(13)10-24-9-11(8-21-24)22-18(25)15-7-17(27-23-15)16-5-2-6-26-16;11-9-2-1-3-10(12)8(9)6-14-5-7(4-13-14)15(16)17;2*11-9-2-1-3-10(12)8(9)6-15-5-7(13)4-14-15;10-8(11)5-4-7(13-9-5)6-2-1-3-12-6;8-4-5-6(9)2-1-3-7(5)10;7-6(8)3-1-4-5-2-3;2-1-4-3;;;;;1-2;;/h1-9H,10H2,(H,22,25);1-5H,6H2;2*1-5H,6,13H2;1-4H,(H,10,11);1-3H,4H2;1-2H,(H,4,5);1,3H;1H4;1H;;;1-2H2;1H2;/q;;;;;;;;;;2*+1;;;-1/p-1. The SMILES string of the molecule is C.Cl.Clc1cccc(Cl)c1CBr.NN.Nc1cnn(Cc2c(Cl)cccc2Cl)c1.Nc1cnn(Cc2c(Cl)cccc2Cl)c1.O.O=C(Nc1cnn(Cc2c(Cl)cccc2Cl)c1)c1cc(-c2ccco2)on1.O=C(O)c1cc(-c2ccco2)on1.O=CO[O-].O=[N+]([O-])c1cn[nH]c1.O=[N+]([O-])c1cnn(Cc2c(Cl)cccc2Cl)c1.[H-].[K+].[K+]. The van der Waals surface area contributed by atoms with Crippen LogP contribution in [0.15, 0.2) is 220 Å². The number of hydrogen-bond donors (Lipinski definition) is 7. The number of furan rings is 2. The minimum atomic E-state index is -1.12. The van der Waals surface area contributed by atoms with Gasteiger partial charge in [0.1, 0.15) is 18.6 Å². The first kappa shape index (κ1) is 107. The normalized spacial score (nSPS) is 9.64. The van der Waals surface area contributed by atoms with Crippen molar-refractivity contribution in [3.05, 3.63) is 312 Å². The summed E-state index contributed by atoms with van der Waals surface area (Å²) < 4.78 is 26.5. The Labute approximate surface area is 809 Å². The Morgan fingerprint density at radius 1 is 0.534 bits per heavy atom. The molecule has 14 aromatic rings. The number of hydrazine groups is 1. The second kappa shape index (κ2) is 56.2. The van der Waals surface area contributed by atoms with Gasteiger partial charge in [-0.1, -0.05) is 180 Å². The molecule has 34 nitrogen and oxygen atoms in total. The average Bonchev–Trinajstić information content (AvgIpc) is 1.70. The molecule has 13 N–H and O–H groups in total. The number of carboxylic acids is 1. The number of nitrogens with one attached hydrogen (secondary N) is 2. The number of nitrogen functional groups attached to an aromatic ring is 2. The first-order valence-electron chi connectivity index (χ1n) is 30.5. The molecule has 0 aliphatic heterocycles. The van der Waals surface area contributed by atoms with Crippen LogP contribution in [-0.2, 0) is 41.2 Å². The van der Waals surface area contributed by atoms with Gasteiger partial charge in [-0.3, -0.25) is 65.3 Å². The van der Waals surface area contributed by atoms with E-state index in [0.717, 1.165) is 28.5 Å². The number of aromatic amines is 1. The van der Waals surface area contributed by atoms with Crippen LogP contribution in [0.25, 0.3) is 23.0 Å². The van der Waals surface area contributed by atoms with Crippen LogP contribution in [0.4, 0.5) is 28.4 Å². The molecule has 0 aliphatic rings. The van der Waals surface area contributed by atoms with Gasteiger partial charge in [0.2, 0.25) is 11.5 Å². The number of benzene rings is 5. The molecular formula is C68H63BrCl11K2N19O15. The molecule has 0 saturated carbocycles. The second-order valence-electron chi connectivity index (χ2n) is 20.9. The monoisotopic (exact) mass is 1930 g/mol. The van der Waals surface area contributed by atoms with Crippen molar-refractivity contribution in [2.45, 2.75) is 38.9 Å². The maximum atomic E-state index is 12.3. The van der Waals surface area contributed by atoms with E-state index in [1.54, 1.807) is 130 Å². The third-order valence-electron chi connectivity index (χ3n) is 13.5. The van der Waals surface area contributed by atoms with Gasteiger partial charge < -0.3 is 56.8 Å². The van der Waals surface area contributed by atoms with Gasteiger partial charge >= 0.3 is 120 Å². The number of carbonyl (C=O) groups excluding carboxylic acids is 2. The Bertz CT molecular complexity index is 5090. The summed E-state index contributed by atoms with van der Waals surface area (Å²) in [4.78, 5) is 53.3. The minimum Gasteiger partial charge on any atom is -1.00 e. The number of nitrogens with zero attached hydrogens (tertiary/aromatic N) is 13. The van der Waals surface area contributed by atoms with Crippen molar-refractivity contribution in [2.75, 3.05) is 16.8 Å². The molecule has 0 saturated heterocycles. The molecule has 9 aromatic heterocycles. The number of carboxylic acid groups (broad SMARTS) is 1. The molecule has 0 aliphatic carbocycles. The van der Waals surface area contributed by atoms with Crippen LogP contribution < -0.4 is 136 Å². The first-order chi connectivity index (χ1) is 53.2. The summed E-state index contributed by atoms with van der Waals surface area (Å²) in [5.74, 6) is 8.08. The molecular weight excluding hydrogens is 1870 g/mol. The molecule has 0 unspecified atom stereocenters. The maximum absolute atomic E-state index is 12.3. The molecule has 5 aromatic carbocycles. The molecule has 14 rings (SSSR count). The Morgan fingerprint density at radius 2 is 0.871 bits per heavy atom. The van der Waals surface area contributed by atoms with Gasteiger partial charge in [-0.25, -0.2) is 4.79 Å². The summed E-state index contributed by atoms with van der Waals surface area (Å²) in [5.41, 5.74) is 16.9. The van der Waals surface area contributed by atoms with Gasteiger partial charge in [0.25, 0.3) is 12.4 Å². The van der Waals surface area contributed by atoms with Crippen molar-refractivity contribution in [3.8, 4) is 23.0 Å². The van der Waals surface area contributed by atoms with Crippen molar-refractivity contribution < 1.29 is 167 Å². The van der Waals surface area contributed by atoms with Crippen molar-refractivity contribution in [2.24, 2.45) is 11.7 Å². The summed E-state index contributed by atoms with van der Waals surface area (Å²) in [7, 11) is 0. The fraction of sp³-hybridized carbons (Fsp3) is 0.0882. The molecule has 48 heteroatoms. The molecule has 116 heavy (non-hydrogen) atoms. The second-order valence-corrected chi connectivity index (χ2v) is 25.6. The number of aromatic nitrogens is 12. The predicted molar refractivity (Wildman–Crippen MR) is 439 cm³/mol. The smallest absolute Gasteiger partial charge is 1.00 e. The number of rotatable bonds is 17. The molecule has 9 heterocycles. The number of nitrogens with two attached hydrogens (primary N) is 4. The van der Waals surface area contributed by atoms with Crippen LogP contribution in [0.3, 0.4) is 0 Å². The van der Waals surface area contributed by atoms with Gasteiger partial charge in [0.05, 0.1) is 90.4 Å². The number of hydrogen-bond acceptors (Lipinski definition) is 24. The number of alkyl halides is 1. The fourth-order valence-electron chi connectivity index (χ4n) is 8.39. The van der Waals surface area contributed by atoms with Crippen LogP contribution in [0.2, 0.25) is 50.2 Å².